The zero-order valence-corrected chi connectivity index (χ0v) is 12.5. The molecule has 0 spiro atoms. The number of esters is 1. The van der Waals surface area contributed by atoms with E-state index in [2.05, 4.69) is 4.74 Å². The average Bonchev–Trinajstić information content (AvgIpc) is 2.41. The molecule has 5 N–H and O–H groups in total. The van der Waals surface area contributed by atoms with Crippen molar-refractivity contribution in [1.29, 1.82) is 0 Å². The summed E-state index contributed by atoms with van der Waals surface area (Å²) in [4.78, 5) is 44.1. The van der Waals surface area contributed by atoms with Gasteiger partial charge in [0.05, 0.1) is 6.54 Å². The van der Waals surface area contributed by atoms with Crippen LogP contribution in [0.25, 0.3) is 0 Å². The number of carboxylic acid groups (broad SMARTS) is 1. The maximum absolute atomic E-state index is 12.3. The summed E-state index contributed by atoms with van der Waals surface area (Å²) in [5.74, 6) is -9.34. The fourth-order valence-corrected chi connectivity index (χ4v) is 1.64. The molecule has 1 amide bonds. The molecule has 1 unspecified atom stereocenters. The smallest absolute Gasteiger partial charge is 0.476 e. The fraction of sp³-hybridized carbons (Fsp3) is 0.600. The second-order valence-electron chi connectivity index (χ2n) is 3.89. The number of hydrogen-bond donors (Lipinski definition) is 4. The summed E-state index contributed by atoms with van der Waals surface area (Å²) in [5, 5.41) is 12.2. The predicted molar refractivity (Wildman–Crippen MR) is 70.9 cm³/mol. The van der Waals surface area contributed by atoms with Crippen molar-refractivity contribution in [2.45, 2.75) is 18.9 Å². The summed E-state index contributed by atoms with van der Waals surface area (Å²) in [6, 6.07) is 0. The number of carboxylic acids is 1. The van der Waals surface area contributed by atoms with Crippen molar-refractivity contribution in [2.24, 2.45) is 5.73 Å². The van der Waals surface area contributed by atoms with E-state index in [9.17, 15) is 32.3 Å². The van der Waals surface area contributed by atoms with Crippen molar-refractivity contribution in [3.05, 3.63) is 0 Å². The van der Waals surface area contributed by atoms with Gasteiger partial charge in [0.15, 0.2) is 5.12 Å². The van der Waals surface area contributed by atoms with Crippen LogP contribution in [0.15, 0.2) is 0 Å². The van der Waals surface area contributed by atoms with E-state index in [0.29, 0.717) is 0 Å². The first kappa shape index (κ1) is 21.1. The lowest BCUT2D eigenvalue weighted by molar-refractivity contribution is -0.224. The molecule has 132 valence electrons. The Balaban J connectivity index is 5.26. The highest BCUT2D eigenvalue weighted by Gasteiger charge is 2.51. The molecule has 23 heavy (non-hydrogen) atoms. The number of aliphatic carboxylic acids is 1. The van der Waals surface area contributed by atoms with Gasteiger partial charge in [-0.05, 0) is 0 Å². The van der Waals surface area contributed by atoms with Crippen molar-refractivity contribution < 1.29 is 42.2 Å². The van der Waals surface area contributed by atoms with Crippen molar-refractivity contribution in [1.82, 2.24) is 10.6 Å². The first-order valence-electron chi connectivity index (χ1n) is 5.87. The lowest BCUT2D eigenvalue weighted by Crippen LogP contribution is -2.68. The van der Waals surface area contributed by atoms with Crippen molar-refractivity contribution in [3.63, 3.8) is 0 Å². The molecule has 0 saturated carbocycles. The van der Waals surface area contributed by atoms with Gasteiger partial charge in [0, 0.05) is 19.2 Å². The van der Waals surface area contributed by atoms with Crippen LogP contribution in [0.5, 0.6) is 0 Å². The van der Waals surface area contributed by atoms with Crippen molar-refractivity contribution in [3.8, 4) is 0 Å². The van der Waals surface area contributed by atoms with Crippen LogP contribution in [0.2, 0.25) is 0 Å². The fourth-order valence-electron chi connectivity index (χ4n) is 1.14. The number of carbonyl (C=O) groups is 4. The second-order valence-corrected chi connectivity index (χ2v) is 5.16. The van der Waals surface area contributed by atoms with E-state index >= 15 is 0 Å². The van der Waals surface area contributed by atoms with E-state index in [-0.39, 0.29) is 17.4 Å². The molecular weight excluding hydrogens is 347 g/mol. The van der Waals surface area contributed by atoms with Crippen LogP contribution in [0.3, 0.4) is 0 Å². The maximum Gasteiger partial charge on any atom is 0.491 e. The number of nitrogens with two attached hydrogens (primary N) is 1. The zero-order valence-electron chi connectivity index (χ0n) is 11.7. The molecule has 0 heterocycles. The Morgan fingerprint density at radius 2 is 1.83 bits per heavy atom. The van der Waals surface area contributed by atoms with E-state index < -0.39 is 36.4 Å². The van der Waals surface area contributed by atoms with Gasteiger partial charge in [-0.2, -0.15) is 13.2 Å². The van der Waals surface area contributed by atoms with E-state index in [1.165, 1.54) is 6.92 Å². The van der Waals surface area contributed by atoms with E-state index in [4.69, 9.17) is 10.8 Å². The van der Waals surface area contributed by atoms with Gasteiger partial charge < -0.3 is 15.6 Å². The van der Waals surface area contributed by atoms with Crippen molar-refractivity contribution >= 4 is 34.7 Å². The van der Waals surface area contributed by atoms with Crippen LogP contribution >= 0.6 is 11.8 Å². The summed E-state index contributed by atoms with van der Waals surface area (Å²) in [7, 11) is 0. The number of halogens is 3. The maximum atomic E-state index is 12.3. The lowest BCUT2D eigenvalue weighted by atomic mass is 10.3. The molecule has 0 aromatic heterocycles. The monoisotopic (exact) mass is 361 g/mol. The van der Waals surface area contributed by atoms with E-state index in [0.717, 1.165) is 11.8 Å². The highest BCUT2D eigenvalue weighted by Crippen LogP contribution is 2.20. The minimum absolute atomic E-state index is 0.0492. The number of alkyl halides is 3. The van der Waals surface area contributed by atoms with Crippen LogP contribution in [-0.2, 0) is 23.9 Å². The van der Waals surface area contributed by atoms with Crippen LogP contribution in [0.1, 0.15) is 6.92 Å². The molecule has 1 atom stereocenters. The molecule has 0 rings (SSSR count). The Kier molecular flexibility index (Phi) is 7.99. The average molecular weight is 361 g/mol. The molecule has 13 heteroatoms. The quantitative estimate of drug-likeness (QED) is 0.237. The summed E-state index contributed by atoms with van der Waals surface area (Å²) in [5.41, 5.74) is 4.95. The molecule has 0 aliphatic heterocycles. The standard InChI is InChI=1S/C10H14F3N3O6S/c1-5(17)23-3-2-15-10(7(19)20,16-6(18)4-14)22-8(21)9(11,12)13/h15H,2-4,14H2,1H3,(H,16,18)(H,19,20). The molecule has 0 bridgehead atoms. The number of carbonyl (C=O) groups excluding carboxylic acids is 3. The minimum Gasteiger partial charge on any atom is -0.476 e. The van der Waals surface area contributed by atoms with Gasteiger partial charge in [-0.25, -0.2) is 9.59 Å². The Morgan fingerprint density at radius 1 is 1.26 bits per heavy atom. The summed E-state index contributed by atoms with van der Waals surface area (Å²) >= 11 is 0.738. The summed E-state index contributed by atoms with van der Waals surface area (Å²) < 4.78 is 40.7. The molecule has 0 aromatic carbocycles. The van der Waals surface area contributed by atoms with Gasteiger partial charge in [0.2, 0.25) is 5.91 Å². The first-order chi connectivity index (χ1) is 10.4. The van der Waals surface area contributed by atoms with Crippen LogP contribution < -0.4 is 16.4 Å². The molecular formula is C10H14F3N3O6S. The third kappa shape index (κ3) is 7.30. The van der Waals surface area contributed by atoms with Gasteiger partial charge >= 0.3 is 24.0 Å². The lowest BCUT2D eigenvalue weighted by Gasteiger charge is -2.30. The molecule has 0 saturated heterocycles. The van der Waals surface area contributed by atoms with Gasteiger partial charge in [-0.1, -0.05) is 11.8 Å². The summed E-state index contributed by atoms with van der Waals surface area (Å²) in [6.07, 6.45) is -5.48. The number of nitrogens with one attached hydrogen (secondary N) is 2. The van der Waals surface area contributed by atoms with Gasteiger partial charge in [0.25, 0.3) is 0 Å². The molecule has 9 nitrogen and oxygen atoms in total. The number of rotatable bonds is 8. The summed E-state index contributed by atoms with van der Waals surface area (Å²) in [6.45, 7) is 0.0873. The Labute approximate surface area is 132 Å². The Bertz CT molecular complexity index is 487. The third-order valence-electron chi connectivity index (χ3n) is 2.06. The number of amides is 1. The highest BCUT2D eigenvalue weighted by atomic mass is 32.2. The van der Waals surface area contributed by atoms with Gasteiger partial charge in [0.1, 0.15) is 0 Å². The minimum atomic E-state index is -5.48. The zero-order chi connectivity index (χ0) is 18.3. The van der Waals surface area contributed by atoms with E-state index in [1.54, 1.807) is 5.32 Å². The number of ether oxygens (including phenoxy) is 1. The first-order valence-corrected chi connectivity index (χ1v) is 6.86. The van der Waals surface area contributed by atoms with Crippen LogP contribution in [-0.4, -0.2) is 58.9 Å². The number of thioether (sulfide) groups is 1. The predicted octanol–water partition coefficient (Wildman–Crippen LogP) is -1.23. The molecule has 0 aromatic rings. The normalized spacial score (nSPS) is 13.8. The van der Waals surface area contributed by atoms with Crippen LogP contribution in [0.4, 0.5) is 13.2 Å². The molecule has 0 radical (unpaired) electrons. The van der Waals surface area contributed by atoms with E-state index in [1.807, 2.05) is 5.32 Å². The molecule has 0 fully saturated rings. The number of hydrogen-bond acceptors (Lipinski definition) is 8. The SMILES string of the molecule is CC(=O)SCCNC(NC(=O)CN)(OC(=O)C(F)(F)F)C(=O)O. The topological polar surface area (TPSA) is 148 Å². The Hall–Kier alpha value is -1.86. The van der Waals surface area contributed by atoms with Crippen molar-refractivity contribution in [2.75, 3.05) is 18.8 Å². The Morgan fingerprint density at radius 3 is 2.22 bits per heavy atom. The molecule has 0 aliphatic carbocycles. The highest BCUT2D eigenvalue weighted by molar-refractivity contribution is 8.13. The second kappa shape index (κ2) is 8.69. The van der Waals surface area contributed by atoms with Gasteiger partial charge in [-0.3, -0.25) is 20.2 Å². The largest absolute Gasteiger partial charge is 0.491 e. The van der Waals surface area contributed by atoms with Gasteiger partial charge in [-0.15, -0.1) is 0 Å². The molecule has 0 aliphatic rings. The van der Waals surface area contributed by atoms with Crippen LogP contribution in [0, 0.1) is 0 Å². The third-order valence-corrected chi connectivity index (χ3v) is 2.88.